The molecule has 1 aromatic rings. The predicted molar refractivity (Wildman–Crippen MR) is 39.9 cm³/mol. The number of hydrogen-bond donors (Lipinski definition) is 1. The molecule has 0 aliphatic carbocycles. The zero-order chi connectivity index (χ0) is 7.40. The van der Waals surface area contributed by atoms with Crippen LogP contribution in [0.3, 0.4) is 0 Å². The summed E-state index contributed by atoms with van der Waals surface area (Å²) in [5.41, 5.74) is 0. The van der Waals surface area contributed by atoms with Gasteiger partial charge in [-0.05, 0) is 12.3 Å². The Kier molecular flexibility index (Phi) is 2.39. The third-order valence-electron chi connectivity index (χ3n) is 1.05. The molecule has 54 valence electrons. The molecule has 0 aliphatic rings. The maximum absolute atomic E-state index is 8.16. The Bertz CT molecular complexity index is 231. The Morgan fingerprint density at radius 2 is 2.60 bits per heavy atom. The van der Waals surface area contributed by atoms with Gasteiger partial charge in [-0.1, -0.05) is 5.16 Å². The SMILES string of the molecule is CSc1ccoc1C=NO. The Hall–Kier alpha value is -0.900. The van der Waals surface area contributed by atoms with Crippen molar-refractivity contribution < 1.29 is 9.62 Å². The fourth-order valence-electron chi connectivity index (χ4n) is 0.624. The van der Waals surface area contributed by atoms with Gasteiger partial charge in [0.2, 0.25) is 0 Å². The topological polar surface area (TPSA) is 45.7 Å². The van der Waals surface area contributed by atoms with E-state index in [2.05, 4.69) is 5.16 Å². The molecule has 1 aromatic heterocycles. The van der Waals surface area contributed by atoms with Crippen molar-refractivity contribution >= 4 is 18.0 Å². The average molecular weight is 157 g/mol. The summed E-state index contributed by atoms with van der Waals surface area (Å²) in [6.07, 6.45) is 4.76. The highest BCUT2D eigenvalue weighted by Gasteiger charge is 2.00. The van der Waals surface area contributed by atoms with Gasteiger partial charge in [0.05, 0.1) is 11.2 Å². The van der Waals surface area contributed by atoms with E-state index in [-0.39, 0.29) is 0 Å². The van der Waals surface area contributed by atoms with Gasteiger partial charge in [-0.25, -0.2) is 0 Å². The second kappa shape index (κ2) is 3.31. The molecule has 0 fully saturated rings. The van der Waals surface area contributed by atoms with E-state index in [4.69, 9.17) is 9.62 Å². The van der Waals surface area contributed by atoms with E-state index in [1.54, 1.807) is 18.0 Å². The number of furan rings is 1. The molecule has 0 unspecified atom stereocenters. The fourth-order valence-corrected chi connectivity index (χ4v) is 1.12. The molecule has 0 spiro atoms. The van der Waals surface area contributed by atoms with Crippen LogP contribution < -0.4 is 0 Å². The molecule has 3 nitrogen and oxygen atoms in total. The Morgan fingerprint density at radius 3 is 3.20 bits per heavy atom. The van der Waals surface area contributed by atoms with Crippen molar-refractivity contribution in [3.63, 3.8) is 0 Å². The minimum atomic E-state index is 0.593. The molecule has 0 atom stereocenters. The van der Waals surface area contributed by atoms with E-state index in [1.165, 1.54) is 6.21 Å². The number of thioether (sulfide) groups is 1. The van der Waals surface area contributed by atoms with E-state index in [0.29, 0.717) is 5.76 Å². The molecule has 0 radical (unpaired) electrons. The molecule has 1 rings (SSSR count). The molecular weight excluding hydrogens is 150 g/mol. The summed E-state index contributed by atoms with van der Waals surface area (Å²) in [4.78, 5) is 0.970. The van der Waals surface area contributed by atoms with Crippen molar-refractivity contribution in [2.45, 2.75) is 4.90 Å². The van der Waals surface area contributed by atoms with Gasteiger partial charge in [-0.15, -0.1) is 11.8 Å². The molecule has 10 heavy (non-hydrogen) atoms. The first-order valence-corrected chi connectivity index (χ1v) is 3.90. The summed E-state index contributed by atoms with van der Waals surface area (Å²) >= 11 is 1.55. The standard InChI is InChI=1S/C6H7NO2S/c1-10-6-2-3-9-5(6)4-7-8/h2-4,8H,1H3. The second-order valence-corrected chi connectivity index (χ2v) is 2.45. The van der Waals surface area contributed by atoms with Crippen LogP contribution >= 0.6 is 11.8 Å². The van der Waals surface area contributed by atoms with Gasteiger partial charge < -0.3 is 9.62 Å². The van der Waals surface area contributed by atoms with Crippen LogP contribution in [0.15, 0.2) is 26.8 Å². The van der Waals surface area contributed by atoms with Crippen molar-refractivity contribution in [1.29, 1.82) is 0 Å². The highest BCUT2D eigenvalue weighted by atomic mass is 32.2. The van der Waals surface area contributed by atoms with E-state index in [9.17, 15) is 0 Å². The normalized spacial score (nSPS) is 10.9. The lowest BCUT2D eigenvalue weighted by atomic mass is 10.5. The van der Waals surface area contributed by atoms with Gasteiger partial charge in [0.25, 0.3) is 0 Å². The summed E-state index contributed by atoms with van der Waals surface area (Å²) in [5, 5.41) is 11.0. The summed E-state index contributed by atoms with van der Waals surface area (Å²) in [6.45, 7) is 0. The van der Waals surface area contributed by atoms with Crippen LogP contribution in [0.5, 0.6) is 0 Å². The molecule has 1 N–H and O–H groups in total. The molecule has 1 heterocycles. The minimum Gasteiger partial charge on any atom is -0.462 e. The molecule has 0 saturated carbocycles. The Labute approximate surface area is 62.7 Å². The third-order valence-corrected chi connectivity index (χ3v) is 1.83. The molecule has 0 amide bonds. The number of nitrogens with zero attached hydrogens (tertiary/aromatic N) is 1. The number of hydrogen-bond acceptors (Lipinski definition) is 4. The van der Waals surface area contributed by atoms with Gasteiger partial charge in [0, 0.05) is 0 Å². The quantitative estimate of drug-likeness (QED) is 0.308. The van der Waals surface area contributed by atoms with Gasteiger partial charge in [-0.3, -0.25) is 0 Å². The minimum absolute atomic E-state index is 0.593. The van der Waals surface area contributed by atoms with Crippen LogP contribution in [0, 0.1) is 0 Å². The van der Waals surface area contributed by atoms with Crippen LogP contribution in [0.2, 0.25) is 0 Å². The summed E-state index contributed by atoms with van der Waals surface area (Å²) in [6, 6.07) is 1.82. The zero-order valence-corrected chi connectivity index (χ0v) is 6.26. The van der Waals surface area contributed by atoms with E-state index in [0.717, 1.165) is 4.90 Å². The van der Waals surface area contributed by atoms with Gasteiger partial charge in [0.15, 0.2) is 5.76 Å². The van der Waals surface area contributed by atoms with Crippen LogP contribution in [0.4, 0.5) is 0 Å². The summed E-state index contributed by atoms with van der Waals surface area (Å²) < 4.78 is 4.97. The maximum atomic E-state index is 8.16. The van der Waals surface area contributed by atoms with Gasteiger partial charge >= 0.3 is 0 Å². The lowest BCUT2D eigenvalue weighted by Crippen LogP contribution is -1.77. The smallest absolute Gasteiger partial charge is 0.161 e. The lowest BCUT2D eigenvalue weighted by Gasteiger charge is -1.87. The molecule has 0 saturated heterocycles. The Morgan fingerprint density at radius 1 is 1.80 bits per heavy atom. The lowest BCUT2D eigenvalue weighted by molar-refractivity contribution is 0.320. The molecule has 4 heteroatoms. The molecular formula is C6H7NO2S. The summed E-state index contributed by atoms with van der Waals surface area (Å²) in [5.74, 6) is 0.593. The first-order valence-electron chi connectivity index (χ1n) is 2.67. The van der Waals surface area contributed by atoms with Crippen molar-refractivity contribution in [3.8, 4) is 0 Å². The van der Waals surface area contributed by atoms with Crippen molar-refractivity contribution in [2.24, 2.45) is 5.16 Å². The van der Waals surface area contributed by atoms with Crippen molar-refractivity contribution in [2.75, 3.05) is 6.26 Å². The molecule has 0 aromatic carbocycles. The maximum Gasteiger partial charge on any atom is 0.161 e. The molecule has 0 aliphatic heterocycles. The monoisotopic (exact) mass is 157 g/mol. The first kappa shape index (κ1) is 7.21. The van der Waals surface area contributed by atoms with Crippen LogP contribution in [0.1, 0.15) is 5.76 Å². The van der Waals surface area contributed by atoms with E-state index < -0.39 is 0 Å². The van der Waals surface area contributed by atoms with E-state index >= 15 is 0 Å². The largest absolute Gasteiger partial charge is 0.462 e. The first-order chi connectivity index (χ1) is 4.88. The van der Waals surface area contributed by atoms with Crippen LogP contribution in [0.25, 0.3) is 0 Å². The van der Waals surface area contributed by atoms with Gasteiger partial charge in [-0.2, -0.15) is 0 Å². The van der Waals surface area contributed by atoms with Crippen LogP contribution in [-0.4, -0.2) is 17.7 Å². The van der Waals surface area contributed by atoms with Crippen molar-refractivity contribution in [3.05, 3.63) is 18.1 Å². The van der Waals surface area contributed by atoms with Crippen molar-refractivity contribution in [1.82, 2.24) is 0 Å². The third kappa shape index (κ3) is 1.33. The molecule has 0 bridgehead atoms. The zero-order valence-electron chi connectivity index (χ0n) is 5.44. The highest BCUT2D eigenvalue weighted by molar-refractivity contribution is 7.98. The second-order valence-electron chi connectivity index (χ2n) is 1.60. The number of oxime groups is 1. The van der Waals surface area contributed by atoms with Crippen LogP contribution in [-0.2, 0) is 0 Å². The fraction of sp³-hybridized carbons (Fsp3) is 0.167. The van der Waals surface area contributed by atoms with E-state index in [1.807, 2.05) is 12.3 Å². The predicted octanol–water partition coefficient (Wildman–Crippen LogP) is 1.81. The number of rotatable bonds is 2. The Balaban J connectivity index is 2.90. The summed E-state index contributed by atoms with van der Waals surface area (Å²) in [7, 11) is 0. The average Bonchev–Trinajstić information content (AvgIpc) is 2.36. The highest BCUT2D eigenvalue weighted by Crippen LogP contribution is 2.19. The van der Waals surface area contributed by atoms with Gasteiger partial charge in [0.1, 0.15) is 6.21 Å².